The Morgan fingerprint density at radius 2 is 2.04 bits per heavy atom. The van der Waals surface area contributed by atoms with Crippen LogP contribution in [0.3, 0.4) is 0 Å². The van der Waals surface area contributed by atoms with Crippen molar-refractivity contribution in [1.82, 2.24) is 9.21 Å². The number of hydrogen-bond acceptors (Lipinski definition) is 5. The predicted octanol–water partition coefficient (Wildman–Crippen LogP) is 1.92. The maximum Gasteiger partial charge on any atom is 0.307 e. The standard InChI is InChI=1S/C20H30N2O5S/c1-19(2)11-20(12-21(3)4)13-22(10-17(19)20)28(25,26)16-8-14(9-18(23)24)6-7-15(16)27-5/h6-8,17H,9-13H2,1-5H3,(H,23,24)/t17-,20+/m1/s1. The minimum absolute atomic E-state index is 0.0357. The maximum atomic E-state index is 13.5. The van der Waals surface area contributed by atoms with Gasteiger partial charge in [-0.25, -0.2) is 8.42 Å². The van der Waals surface area contributed by atoms with E-state index >= 15 is 0 Å². The highest BCUT2D eigenvalue weighted by molar-refractivity contribution is 7.89. The lowest BCUT2D eigenvalue weighted by molar-refractivity contribution is -0.136. The topological polar surface area (TPSA) is 87.1 Å². The number of sulfonamides is 1. The second-order valence-corrected chi connectivity index (χ2v) is 11.1. The Balaban J connectivity index is 1.96. The first kappa shape index (κ1) is 21.1. The number of carboxylic acids is 1. The third-order valence-electron chi connectivity index (χ3n) is 6.20. The zero-order chi connectivity index (χ0) is 20.9. The van der Waals surface area contributed by atoms with Crippen LogP contribution >= 0.6 is 0 Å². The quantitative estimate of drug-likeness (QED) is 0.739. The van der Waals surface area contributed by atoms with E-state index in [4.69, 9.17) is 9.84 Å². The molecule has 1 N–H and O–H groups in total. The first-order valence-corrected chi connectivity index (χ1v) is 10.9. The fraction of sp³-hybridized carbons (Fsp3) is 0.650. The van der Waals surface area contributed by atoms with E-state index in [2.05, 4.69) is 18.7 Å². The van der Waals surface area contributed by atoms with Crippen LogP contribution in [0.25, 0.3) is 0 Å². The highest BCUT2D eigenvalue weighted by Gasteiger charge is 2.64. The van der Waals surface area contributed by atoms with Gasteiger partial charge in [-0.3, -0.25) is 4.79 Å². The Hall–Kier alpha value is -1.64. The second-order valence-electron chi connectivity index (χ2n) is 9.17. The summed E-state index contributed by atoms with van der Waals surface area (Å²) in [6, 6.07) is 4.57. The molecule has 0 amide bonds. The van der Waals surface area contributed by atoms with Gasteiger partial charge in [0.1, 0.15) is 10.6 Å². The molecule has 1 aliphatic heterocycles. The molecule has 0 radical (unpaired) electrons. The van der Waals surface area contributed by atoms with Crippen LogP contribution in [0.2, 0.25) is 0 Å². The van der Waals surface area contributed by atoms with Crippen molar-refractivity contribution in [2.45, 2.75) is 31.6 Å². The molecular weight excluding hydrogens is 380 g/mol. The molecular formula is C20H30N2O5S. The minimum Gasteiger partial charge on any atom is -0.495 e. The minimum atomic E-state index is -3.79. The van der Waals surface area contributed by atoms with Gasteiger partial charge in [0.25, 0.3) is 0 Å². The van der Waals surface area contributed by atoms with Crippen LogP contribution in [0, 0.1) is 16.7 Å². The van der Waals surface area contributed by atoms with Crippen molar-refractivity contribution in [3.63, 3.8) is 0 Å². The molecule has 0 bridgehead atoms. The predicted molar refractivity (Wildman–Crippen MR) is 106 cm³/mol. The zero-order valence-corrected chi connectivity index (χ0v) is 18.0. The number of carbonyl (C=O) groups is 1. The Morgan fingerprint density at radius 1 is 1.36 bits per heavy atom. The molecule has 0 aromatic heterocycles. The molecule has 3 rings (SSSR count). The van der Waals surface area contributed by atoms with Crippen molar-refractivity contribution in [3.05, 3.63) is 23.8 Å². The molecule has 1 saturated heterocycles. The van der Waals surface area contributed by atoms with E-state index < -0.39 is 16.0 Å². The largest absolute Gasteiger partial charge is 0.495 e. The molecule has 2 atom stereocenters. The summed E-state index contributed by atoms with van der Waals surface area (Å²) in [5.74, 6) is -0.459. The number of carboxylic acid groups (broad SMARTS) is 1. The number of fused-ring (bicyclic) bond motifs is 1. The zero-order valence-electron chi connectivity index (χ0n) is 17.2. The summed E-state index contributed by atoms with van der Waals surface area (Å²) in [5, 5.41) is 9.06. The molecule has 8 heteroatoms. The number of rotatable bonds is 7. The number of hydrogen-bond donors (Lipinski definition) is 1. The fourth-order valence-corrected chi connectivity index (χ4v) is 7.21. The van der Waals surface area contributed by atoms with Gasteiger partial charge in [-0.2, -0.15) is 4.31 Å². The van der Waals surface area contributed by atoms with E-state index in [9.17, 15) is 13.2 Å². The molecule has 1 aliphatic carbocycles. The van der Waals surface area contributed by atoms with E-state index in [1.165, 1.54) is 19.2 Å². The first-order valence-electron chi connectivity index (χ1n) is 9.45. The average Bonchev–Trinajstić information content (AvgIpc) is 2.88. The average molecular weight is 411 g/mol. The van der Waals surface area contributed by atoms with Crippen LogP contribution in [-0.4, -0.2) is 69.5 Å². The van der Waals surface area contributed by atoms with Gasteiger partial charge in [0.2, 0.25) is 10.0 Å². The molecule has 1 aromatic carbocycles. The van der Waals surface area contributed by atoms with E-state index in [-0.39, 0.29) is 27.9 Å². The summed E-state index contributed by atoms with van der Waals surface area (Å²) in [4.78, 5) is 13.2. The molecule has 1 heterocycles. The number of nitrogens with zero attached hydrogens (tertiary/aromatic N) is 2. The first-order chi connectivity index (χ1) is 12.9. The number of methoxy groups -OCH3 is 1. The second kappa shape index (κ2) is 7.00. The lowest BCUT2D eigenvalue weighted by Gasteiger charge is -2.57. The van der Waals surface area contributed by atoms with Crippen molar-refractivity contribution in [2.75, 3.05) is 40.8 Å². The van der Waals surface area contributed by atoms with Crippen molar-refractivity contribution < 1.29 is 23.1 Å². The number of benzene rings is 1. The summed E-state index contributed by atoms with van der Waals surface area (Å²) in [6.45, 7) is 6.22. The lowest BCUT2D eigenvalue weighted by Crippen LogP contribution is -2.57. The van der Waals surface area contributed by atoms with Crippen LogP contribution < -0.4 is 4.74 Å². The third-order valence-corrected chi connectivity index (χ3v) is 8.03. The molecule has 0 unspecified atom stereocenters. The molecule has 2 aliphatic rings. The van der Waals surface area contributed by atoms with Crippen LogP contribution in [0.15, 0.2) is 23.1 Å². The van der Waals surface area contributed by atoms with Crippen LogP contribution in [0.5, 0.6) is 5.75 Å². The van der Waals surface area contributed by atoms with E-state index in [1.807, 2.05) is 14.1 Å². The molecule has 156 valence electrons. The summed E-state index contributed by atoms with van der Waals surface area (Å²) >= 11 is 0. The molecule has 1 aromatic rings. The van der Waals surface area contributed by atoms with Gasteiger partial charge in [-0.1, -0.05) is 19.9 Å². The smallest absolute Gasteiger partial charge is 0.307 e. The van der Waals surface area contributed by atoms with Gasteiger partial charge in [0, 0.05) is 25.0 Å². The number of ether oxygens (including phenoxy) is 1. The molecule has 2 fully saturated rings. The Labute approximate surface area is 167 Å². The van der Waals surface area contributed by atoms with Crippen molar-refractivity contribution >= 4 is 16.0 Å². The van der Waals surface area contributed by atoms with Gasteiger partial charge >= 0.3 is 5.97 Å². The Kier molecular flexibility index (Phi) is 5.27. The molecule has 1 saturated carbocycles. The van der Waals surface area contributed by atoms with Crippen LogP contribution in [0.4, 0.5) is 0 Å². The fourth-order valence-electron chi connectivity index (χ4n) is 5.45. The van der Waals surface area contributed by atoms with E-state index in [1.54, 1.807) is 10.4 Å². The summed E-state index contributed by atoms with van der Waals surface area (Å²) in [6.07, 6.45) is 0.762. The number of aliphatic carboxylic acids is 1. The molecule has 0 spiro atoms. The highest BCUT2D eigenvalue weighted by atomic mass is 32.2. The summed E-state index contributed by atoms with van der Waals surface area (Å²) in [5.41, 5.74) is 0.513. The molecule has 7 nitrogen and oxygen atoms in total. The van der Waals surface area contributed by atoms with Gasteiger partial charge in [-0.05, 0) is 49.5 Å². The Morgan fingerprint density at radius 3 is 2.57 bits per heavy atom. The van der Waals surface area contributed by atoms with Gasteiger partial charge in [-0.15, -0.1) is 0 Å². The van der Waals surface area contributed by atoms with Crippen molar-refractivity contribution in [1.29, 1.82) is 0 Å². The lowest BCUT2D eigenvalue weighted by atomic mass is 9.48. The SMILES string of the molecule is COc1ccc(CC(=O)O)cc1S(=O)(=O)N1C[C@@H]2C(C)(C)C[C@]2(CN(C)C)C1. The summed E-state index contributed by atoms with van der Waals surface area (Å²) < 4.78 is 33.8. The van der Waals surface area contributed by atoms with Crippen molar-refractivity contribution in [3.8, 4) is 5.75 Å². The normalized spacial score (nSPS) is 26.7. The van der Waals surface area contributed by atoms with Crippen molar-refractivity contribution in [2.24, 2.45) is 16.7 Å². The summed E-state index contributed by atoms with van der Waals surface area (Å²) in [7, 11) is 1.67. The van der Waals surface area contributed by atoms with Crippen LogP contribution in [-0.2, 0) is 21.2 Å². The van der Waals surface area contributed by atoms with Gasteiger partial charge < -0.3 is 14.7 Å². The maximum absolute atomic E-state index is 13.5. The van der Waals surface area contributed by atoms with E-state index in [0.29, 0.717) is 24.6 Å². The van der Waals surface area contributed by atoms with Gasteiger partial charge in [0.05, 0.1) is 13.5 Å². The monoisotopic (exact) mass is 410 g/mol. The molecule has 28 heavy (non-hydrogen) atoms. The van der Waals surface area contributed by atoms with Gasteiger partial charge in [0.15, 0.2) is 0 Å². The highest BCUT2D eigenvalue weighted by Crippen LogP contribution is 2.63. The van der Waals surface area contributed by atoms with Crippen LogP contribution in [0.1, 0.15) is 25.8 Å². The Bertz CT molecular complexity index is 877. The van der Waals surface area contributed by atoms with E-state index in [0.717, 1.165) is 13.0 Å². The third kappa shape index (κ3) is 3.53.